The summed E-state index contributed by atoms with van der Waals surface area (Å²) in [5, 5.41) is 3.84. The van der Waals surface area contributed by atoms with E-state index >= 15 is 0 Å². The average Bonchev–Trinajstić information content (AvgIpc) is 2.41. The maximum atomic E-state index is 12.5. The number of aromatic amines is 1. The Bertz CT molecular complexity index is 850. The molecule has 0 atom stereocenters. The van der Waals surface area contributed by atoms with Crippen LogP contribution in [0.25, 0.3) is 21.8 Å². The van der Waals surface area contributed by atoms with E-state index in [0.717, 1.165) is 11.1 Å². The van der Waals surface area contributed by atoms with Crippen LogP contribution >= 0.6 is 0 Å². The standard InChI is InChI=1S/C15H12N2O2/c1-9-5-6-12-11(7-9)15(19)10-3-2-4-13(16-8-18)14(10)17-12/h2-8H,1H3,(H,16,18)(H,17,19). The fourth-order valence-electron chi connectivity index (χ4n) is 2.29. The molecule has 0 aliphatic carbocycles. The van der Waals surface area contributed by atoms with E-state index in [1.54, 1.807) is 18.2 Å². The number of aryl methyl sites for hydroxylation is 1. The van der Waals surface area contributed by atoms with Gasteiger partial charge in [0.1, 0.15) is 0 Å². The third kappa shape index (κ3) is 1.78. The van der Waals surface area contributed by atoms with Crippen molar-refractivity contribution in [3.05, 3.63) is 52.2 Å². The molecule has 1 amide bonds. The van der Waals surface area contributed by atoms with Crippen LogP contribution in [-0.2, 0) is 4.79 Å². The van der Waals surface area contributed by atoms with Crippen LogP contribution in [0.4, 0.5) is 5.69 Å². The highest BCUT2D eigenvalue weighted by molar-refractivity contribution is 6.00. The molecule has 2 N–H and O–H groups in total. The fraction of sp³-hybridized carbons (Fsp3) is 0.0667. The monoisotopic (exact) mass is 252 g/mol. The molecule has 0 spiro atoms. The summed E-state index contributed by atoms with van der Waals surface area (Å²) in [7, 11) is 0. The van der Waals surface area contributed by atoms with Crippen LogP contribution in [-0.4, -0.2) is 11.4 Å². The fourth-order valence-corrected chi connectivity index (χ4v) is 2.29. The molecule has 4 nitrogen and oxygen atoms in total. The summed E-state index contributed by atoms with van der Waals surface area (Å²) in [6, 6.07) is 11.0. The highest BCUT2D eigenvalue weighted by atomic mass is 16.1. The smallest absolute Gasteiger partial charge is 0.211 e. The number of fused-ring (bicyclic) bond motifs is 2. The van der Waals surface area contributed by atoms with Crippen LogP contribution in [0.2, 0.25) is 0 Å². The number of carbonyl (C=O) groups is 1. The summed E-state index contributed by atoms with van der Waals surface area (Å²) in [6.07, 6.45) is 0.604. The third-order valence-corrected chi connectivity index (χ3v) is 3.20. The van der Waals surface area contributed by atoms with Crippen LogP contribution < -0.4 is 10.7 Å². The quantitative estimate of drug-likeness (QED) is 0.544. The van der Waals surface area contributed by atoms with Gasteiger partial charge in [-0.3, -0.25) is 9.59 Å². The zero-order valence-electron chi connectivity index (χ0n) is 10.4. The Hall–Kier alpha value is -2.62. The van der Waals surface area contributed by atoms with E-state index in [1.165, 1.54) is 0 Å². The van der Waals surface area contributed by atoms with E-state index < -0.39 is 0 Å². The molecule has 2 aromatic carbocycles. The number of H-pyrrole nitrogens is 1. The molecule has 1 heterocycles. The second-order valence-corrected chi connectivity index (χ2v) is 4.49. The molecule has 0 bridgehead atoms. The minimum absolute atomic E-state index is 0.0259. The highest BCUT2D eigenvalue weighted by Crippen LogP contribution is 2.22. The van der Waals surface area contributed by atoms with Crippen molar-refractivity contribution in [1.29, 1.82) is 0 Å². The van der Waals surface area contributed by atoms with Crippen molar-refractivity contribution >= 4 is 33.9 Å². The van der Waals surface area contributed by atoms with Gasteiger partial charge < -0.3 is 10.3 Å². The Morgan fingerprint density at radius 1 is 1.16 bits per heavy atom. The largest absolute Gasteiger partial charge is 0.353 e. The Labute approximate surface area is 109 Å². The number of carbonyl (C=O) groups excluding carboxylic acids is 1. The molecule has 0 unspecified atom stereocenters. The minimum Gasteiger partial charge on any atom is -0.353 e. The lowest BCUT2D eigenvalue weighted by molar-refractivity contribution is -0.105. The van der Waals surface area contributed by atoms with Gasteiger partial charge in [-0.1, -0.05) is 17.7 Å². The molecular formula is C15H12N2O2. The van der Waals surface area contributed by atoms with Crippen molar-refractivity contribution in [2.75, 3.05) is 5.32 Å². The molecule has 3 rings (SSSR count). The van der Waals surface area contributed by atoms with Crippen LogP contribution in [0.15, 0.2) is 41.2 Å². The molecule has 0 aliphatic rings. The van der Waals surface area contributed by atoms with Gasteiger partial charge >= 0.3 is 0 Å². The van der Waals surface area contributed by atoms with Crippen molar-refractivity contribution in [2.45, 2.75) is 6.92 Å². The van der Waals surface area contributed by atoms with Gasteiger partial charge in [-0.2, -0.15) is 0 Å². The first-order valence-electron chi connectivity index (χ1n) is 5.96. The lowest BCUT2D eigenvalue weighted by Crippen LogP contribution is -2.06. The predicted molar refractivity (Wildman–Crippen MR) is 76.5 cm³/mol. The zero-order chi connectivity index (χ0) is 13.4. The molecule has 94 valence electrons. The molecule has 0 saturated heterocycles. The van der Waals surface area contributed by atoms with E-state index in [9.17, 15) is 9.59 Å². The molecule has 0 fully saturated rings. The molecule has 3 aromatic rings. The number of hydrogen-bond acceptors (Lipinski definition) is 2. The number of aromatic nitrogens is 1. The van der Waals surface area contributed by atoms with Crippen LogP contribution in [0.1, 0.15) is 5.56 Å². The van der Waals surface area contributed by atoms with Gasteiger partial charge in [0.25, 0.3) is 0 Å². The second kappa shape index (κ2) is 4.24. The van der Waals surface area contributed by atoms with Gasteiger partial charge in [0, 0.05) is 16.3 Å². The Morgan fingerprint density at radius 3 is 2.79 bits per heavy atom. The molecular weight excluding hydrogens is 240 g/mol. The SMILES string of the molecule is Cc1ccc2[nH]c3c(NC=O)cccc3c(=O)c2c1. The predicted octanol–water partition coefficient (Wildman–Crippen LogP) is 2.56. The summed E-state index contributed by atoms with van der Waals surface area (Å²) < 4.78 is 0. The molecule has 0 radical (unpaired) electrons. The first-order chi connectivity index (χ1) is 9.20. The second-order valence-electron chi connectivity index (χ2n) is 4.49. The van der Waals surface area contributed by atoms with Gasteiger partial charge in [-0.25, -0.2) is 0 Å². The van der Waals surface area contributed by atoms with Crippen LogP contribution in [0.5, 0.6) is 0 Å². The first kappa shape index (κ1) is 11.5. The lowest BCUT2D eigenvalue weighted by Gasteiger charge is -2.07. The number of para-hydroxylation sites is 1. The van der Waals surface area contributed by atoms with Crippen molar-refractivity contribution in [3.8, 4) is 0 Å². The summed E-state index contributed by atoms with van der Waals surface area (Å²) in [6.45, 7) is 1.95. The first-order valence-corrected chi connectivity index (χ1v) is 5.96. The van der Waals surface area contributed by atoms with Crippen molar-refractivity contribution in [3.63, 3.8) is 0 Å². The highest BCUT2D eigenvalue weighted by Gasteiger charge is 2.08. The summed E-state index contributed by atoms with van der Waals surface area (Å²) in [5.74, 6) is 0. The zero-order valence-corrected chi connectivity index (χ0v) is 10.4. The molecule has 1 aromatic heterocycles. The van der Waals surface area contributed by atoms with Gasteiger partial charge in [-0.15, -0.1) is 0 Å². The van der Waals surface area contributed by atoms with E-state index in [2.05, 4.69) is 10.3 Å². The molecule has 0 saturated carbocycles. The van der Waals surface area contributed by atoms with Crippen molar-refractivity contribution in [2.24, 2.45) is 0 Å². The number of benzene rings is 2. The average molecular weight is 252 g/mol. The number of amides is 1. The molecule has 4 heteroatoms. The Balaban J connectivity index is 2.49. The van der Waals surface area contributed by atoms with Crippen molar-refractivity contribution in [1.82, 2.24) is 4.98 Å². The van der Waals surface area contributed by atoms with E-state index in [1.807, 2.05) is 25.1 Å². The van der Waals surface area contributed by atoms with Crippen molar-refractivity contribution < 1.29 is 4.79 Å². The summed E-state index contributed by atoms with van der Waals surface area (Å²) in [4.78, 5) is 26.3. The van der Waals surface area contributed by atoms with Crippen LogP contribution in [0, 0.1) is 6.92 Å². The van der Waals surface area contributed by atoms with E-state index in [0.29, 0.717) is 28.4 Å². The number of nitrogens with one attached hydrogen (secondary N) is 2. The van der Waals surface area contributed by atoms with E-state index in [-0.39, 0.29) is 5.43 Å². The normalized spacial score (nSPS) is 10.8. The van der Waals surface area contributed by atoms with E-state index in [4.69, 9.17) is 0 Å². The topological polar surface area (TPSA) is 62.0 Å². The molecule has 19 heavy (non-hydrogen) atoms. The summed E-state index contributed by atoms with van der Waals surface area (Å²) in [5.41, 5.74) is 3.03. The minimum atomic E-state index is -0.0259. The number of rotatable bonds is 2. The summed E-state index contributed by atoms with van der Waals surface area (Å²) >= 11 is 0. The van der Waals surface area contributed by atoms with Crippen LogP contribution in [0.3, 0.4) is 0 Å². The van der Waals surface area contributed by atoms with Gasteiger partial charge in [0.15, 0.2) is 5.43 Å². The van der Waals surface area contributed by atoms with Gasteiger partial charge in [0.2, 0.25) is 6.41 Å². The maximum absolute atomic E-state index is 12.5. The van der Waals surface area contributed by atoms with Gasteiger partial charge in [0.05, 0.1) is 11.2 Å². The maximum Gasteiger partial charge on any atom is 0.211 e. The number of anilines is 1. The van der Waals surface area contributed by atoms with Gasteiger partial charge in [-0.05, 0) is 31.2 Å². The Morgan fingerprint density at radius 2 is 2.00 bits per heavy atom. The third-order valence-electron chi connectivity index (χ3n) is 3.20. The number of pyridine rings is 1. The molecule has 0 aliphatic heterocycles. The number of hydrogen-bond donors (Lipinski definition) is 2. The lowest BCUT2D eigenvalue weighted by atomic mass is 10.1. The Kier molecular flexibility index (Phi) is 2.56.